The number of aromatic nitrogens is 3. The monoisotopic (exact) mass is 403 g/mol. The highest BCUT2D eigenvalue weighted by Gasteiger charge is 2.15. The molecular weight excluding hydrogens is 378 g/mol. The molecule has 6 nitrogen and oxygen atoms in total. The highest BCUT2D eigenvalue weighted by Crippen LogP contribution is 2.29. The lowest BCUT2D eigenvalue weighted by atomic mass is 10.1. The minimum atomic E-state index is 0.668. The van der Waals surface area contributed by atoms with Crippen molar-refractivity contribution in [3.05, 3.63) is 72.9 Å². The van der Waals surface area contributed by atoms with Crippen LogP contribution in [0.2, 0.25) is 0 Å². The molecule has 30 heavy (non-hydrogen) atoms. The second-order valence-electron chi connectivity index (χ2n) is 7.02. The van der Waals surface area contributed by atoms with E-state index in [2.05, 4.69) is 22.2 Å². The SMILES string of the molecule is C=CCCCn1c(Cc2ccc(OC)c(OC)c2)nc2ncc(-c3ccco3)cc21. The molecule has 0 spiro atoms. The van der Waals surface area contributed by atoms with Gasteiger partial charge in [-0.3, -0.25) is 0 Å². The Kier molecular flexibility index (Phi) is 5.84. The largest absolute Gasteiger partial charge is 0.493 e. The van der Waals surface area contributed by atoms with Gasteiger partial charge in [-0.15, -0.1) is 6.58 Å². The van der Waals surface area contributed by atoms with E-state index in [-0.39, 0.29) is 0 Å². The van der Waals surface area contributed by atoms with Gasteiger partial charge in [-0.1, -0.05) is 12.1 Å². The Morgan fingerprint density at radius 2 is 2.00 bits per heavy atom. The summed E-state index contributed by atoms with van der Waals surface area (Å²) in [6.45, 7) is 4.68. The Hall–Kier alpha value is -3.54. The van der Waals surface area contributed by atoms with Crippen LogP contribution < -0.4 is 9.47 Å². The zero-order valence-electron chi connectivity index (χ0n) is 17.3. The maximum Gasteiger partial charge on any atom is 0.177 e. The van der Waals surface area contributed by atoms with Crippen molar-refractivity contribution >= 4 is 11.2 Å². The molecule has 4 rings (SSSR count). The topological polar surface area (TPSA) is 62.3 Å². The maximum atomic E-state index is 5.55. The first kappa shape index (κ1) is 19.8. The molecule has 0 saturated heterocycles. The average molecular weight is 403 g/mol. The van der Waals surface area contributed by atoms with Gasteiger partial charge >= 0.3 is 0 Å². The Bertz CT molecular complexity index is 1150. The number of hydrogen-bond donors (Lipinski definition) is 0. The van der Waals surface area contributed by atoms with Crippen molar-refractivity contribution < 1.29 is 13.9 Å². The van der Waals surface area contributed by atoms with E-state index in [4.69, 9.17) is 18.9 Å². The minimum Gasteiger partial charge on any atom is -0.493 e. The van der Waals surface area contributed by atoms with Crippen LogP contribution in [0.5, 0.6) is 11.5 Å². The van der Waals surface area contributed by atoms with Gasteiger partial charge < -0.3 is 18.5 Å². The molecule has 0 saturated carbocycles. The molecule has 0 aliphatic carbocycles. The number of benzene rings is 1. The number of allylic oxidation sites excluding steroid dienone is 1. The van der Waals surface area contributed by atoms with Crippen molar-refractivity contribution in [1.82, 2.24) is 14.5 Å². The van der Waals surface area contributed by atoms with E-state index in [0.717, 1.165) is 53.3 Å². The van der Waals surface area contributed by atoms with E-state index in [0.29, 0.717) is 17.9 Å². The van der Waals surface area contributed by atoms with Crippen LogP contribution in [0, 0.1) is 0 Å². The number of unbranched alkanes of at least 4 members (excludes halogenated alkanes) is 1. The quantitative estimate of drug-likeness (QED) is 0.282. The lowest BCUT2D eigenvalue weighted by molar-refractivity contribution is 0.354. The zero-order chi connectivity index (χ0) is 20.9. The third kappa shape index (κ3) is 3.94. The van der Waals surface area contributed by atoms with Gasteiger partial charge in [0.15, 0.2) is 17.1 Å². The number of ether oxygens (including phenoxy) is 2. The second kappa shape index (κ2) is 8.86. The number of methoxy groups -OCH3 is 2. The van der Waals surface area contributed by atoms with Crippen LogP contribution in [0.4, 0.5) is 0 Å². The van der Waals surface area contributed by atoms with E-state index in [9.17, 15) is 0 Å². The first-order chi connectivity index (χ1) is 14.7. The summed E-state index contributed by atoms with van der Waals surface area (Å²) in [4.78, 5) is 9.42. The van der Waals surface area contributed by atoms with Crippen molar-refractivity contribution in [2.24, 2.45) is 0 Å². The number of fused-ring (bicyclic) bond motifs is 1. The van der Waals surface area contributed by atoms with Gasteiger partial charge in [0.2, 0.25) is 0 Å². The summed E-state index contributed by atoms with van der Waals surface area (Å²) in [5, 5.41) is 0. The normalized spacial score (nSPS) is 11.0. The summed E-state index contributed by atoms with van der Waals surface area (Å²) in [5.74, 6) is 3.18. The van der Waals surface area contributed by atoms with Crippen molar-refractivity contribution in [3.8, 4) is 22.8 Å². The highest BCUT2D eigenvalue weighted by molar-refractivity contribution is 5.77. The average Bonchev–Trinajstić information content (AvgIpc) is 3.42. The fourth-order valence-electron chi connectivity index (χ4n) is 3.58. The van der Waals surface area contributed by atoms with E-state index < -0.39 is 0 Å². The summed E-state index contributed by atoms with van der Waals surface area (Å²) < 4.78 is 18.6. The van der Waals surface area contributed by atoms with E-state index in [1.807, 2.05) is 42.6 Å². The number of imidazole rings is 1. The van der Waals surface area contributed by atoms with Crippen LogP contribution in [0.25, 0.3) is 22.5 Å². The second-order valence-corrected chi connectivity index (χ2v) is 7.02. The van der Waals surface area contributed by atoms with E-state index >= 15 is 0 Å². The van der Waals surface area contributed by atoms with Gasteiger partial charge in [-0.05, 0) is 48.7 Å². The molecule has 0 aliphatic heterocycles. The molecule has 1 aromatic carbocycles. The van der Waals surface area contributed by atoms with Gasteiger partial charge in [-0.2, -0.15) is 0 Å². The van der Waals surface area contributed by atoms with E-state index in [1.54, 1.807) is 20.5 Å². The lowest BCUT2D eigenvalue weighted by Gasteiger charge is -2.11. The van der Waals surface area contributed by atoms with Crippen molar-refractivity contribution in [2.45, 2.75) is 25.8 Å². The number of rotatable bonds is 9. The Balaban J connectivity index is 1.74. The molecule has 3 aromatic heterocycles. The van der Waals surface area contributed by atoms with Crippen LogP contribution in [0.3, 0.4) is 0 Å². The summed E-state index contributed by atoms with van der Waals surface area (Å²) in [5.41, 5.74) is 3.78. The fraction of sp³-hybridized carbons (Fsp3) is 0.250. The first-order valence-electron chi connectivity index (χ1n) is 9.94. The molecule has 0 unspecified atom stereocenters. The minimum absolute atomic E-state index is 0.668. The molecule has 0 radical (unpaired) electrons. The predicted molar refractivity (Wildman–Crippen MR) is 117 cm³/mol. The van der Waals surface area contributed by atoms with Crippen molar-refractivity contribution in [2.75, 3.05) is 14.2 Å². The third-order valence-electron chi connectivity index (χ3n) is 5.09. The van der Waals surface area contributed by atoms with Gasteiger partial charge in [0.05, 0.1) is 26.0 Å². The van der Waals surface area contributed by atoms with Gasteiger partial charge in [0, 0.05) is 24.7 Å². The van der Waals surface area contributed by atoms with E-state index in [1.165, 1.54) is 0 Å². The third-order valence-corrected chi connectivity index (χ3v) is 5.09. The smallest absolute Gasteiger partial charge is 0.177 e. The maximum absolute atomic E-state index is 5.55. The van der Waals surface area contributed by atoms with Gasteiger partial charge in [0.1, 0.15) is 11.6 Å². The molecule has 0 atom stereocenters. The summed E-state index contributed by atoms with van der Waals surface area (Å²) >= 11 is 0. The predicted octanol–water partition coefficient (Wildman–Crippen LogP) is 5.27. The molecule has 0 N–H and O–H groups in total. The summed E-state index contributed by atoms with van der Waals surface area (Å²) in [7, 11) is 3.28. The zero-order valence-corrected chi connectivity index (χ0v) is 17.3. The van der Waals surface area contributed by atoms with Gasteiger partial charge in [0.25, 0.3) is 0 Å². The fourth-order valence-corrected chi connectivity index (χ4v) is 3.58. The molecular formula is C24H25N3O3. The molecule has 4 aromatic rings. The molecule has 154 valence electrons. The molecule has 0 amide bonds. The Labute approximate surface area is 175 Å². The number of furan rings is 1. The Morgan fingerprint density at radius 3 is 2.73 bits per heavy atom. The van der Waals surface area contributed by atoms with Crippen LogP contribution >= 0.6 is 0 Å². The Morgan fingerprint density at radius 1 is 1.13 bits per heavy atom. The number of nitrogens with zero attached hydrogens (tertiary/aromatic N) is 3. The lowest BCUT2D eigenvalue weighted by Crippen LogP contribution is -2.05. The van der Waals surface area contributed by atoms with Crippen LogP contribution in [-0.4, -0.2) is 28.8 Å². The number of pyridine rings is 1. The summed E-state index contributed by atoms with van der Waals surface area (Å²) in [6, 6.07) is 11.9. The molecule has 0 aliphatic rings. The molecule has 6 heteroatoms. The van der Waals surface area contributed by atoms with Crippen LogP contribution in [-0.2, 0) is 13.0 Å². The number of aryl methyl sites for hydroxylation is 1. The molecule has 3 heterocycles. The number of hydrogen-bond acceptors (Lipinski definition) is 5. The first-order valence-corrected chi connectivity index (χ1v) is 9.94. The van der Waals surface area contributed by atoms with Crippen LogP contribution in [0.1, 0.15) is 24.2 Å². The highest BCUT2D eigenvalue weighted by atomic mass is 16.5. The summed E-state index contributed by atoms with van der Waals surface area (Å²) in [6.07, 6.45) is 8.02. The van der Waals surface area contributed by atoms with Crippen LogP contribution in [0.15, 0.2) is 65.9 Å². The van der Waals surface area contributed by atoms with Crippen molar-refractivity contribution in [1.29, 1.82) is 0 Å². The van der Waals surface area contributed by atoms with Crippen molar-refractivity contribution in [3.63, 3.8) is 0 Å². The molecule has 0 bridgehead atoms. The standard InChI is InChI=1S/C24H25N3O3/c1-4-5-6-11-27-19-15-18(20-8-7-12-30-20)16-25-24(19)26-23(27)14-17-9-10-21(28-2)22(13-17)29-3/h4,7-10,12-13,15-16H,1,5-6,11,14H2,2-3H3. The van der Waals surface area contributed by atoms with Gasteiger partial charge in [-0.25, -0.2) is 9.97 Å². The molecule has 0 fully saturated rings.